The zero-order valence-corrected chi connectivity index (χ0v) is 12.6. The molecule has 0 radical (unpaired) electrons. The molecule has 1 heterocycles. The van der Waals surface area contributed by atoms with E-state index in [0.29, 0.717) is 10.8 Å². The van der Waals surface area contributed by atoms with Gasteiger partial charge in [0, 0.05) is 22.6 Å². The predicted octanol–water partition coefficient (Wildman–Crippen LogP) is 3.85. The van der Waals surface area contributed by atoms with Gasteiger partial charge in [0.25, 0.3) is 0 Å². The minimum atomic E-state index is -0.00364. The number of nitrogens with zero attached hydrogens (tertiary/aromatic N) is 1. The lowest BCUT2D eigenvalue weighted by atomic mass is 9.74. The van der Waals surface area contributed by atoms with E-state index in [1.54, 1.807) is 6.20 Å². The molecule has 1 saturated carbocycles. The van der Waals surface area contributed by atoms with Crippen molar-refractivity contribution in [2.75, 3.05) is 18.5 Å². The average molecular weight is 334 g/mol. The van der Waals surface area contributed by atoms with Crippen molar-refractivity contribution in [1.82, 2.24) is 4.98 Å². The number of nitrogens with one attached hydrogen (secondary N) is 1. The molecule has 0 saturated heterocycles. The van der Waals surface area contributed by atoms with Gasteiger partial charge in [-0.2, -0.15) is 0 Å². The van der Waals surface area contributed by atoms with Crippen molar-refractivity contribution in [2.24, 2.45) is 5.41 Å². The lowest BCUT2D eigenvalue weighted by Gasteiger charge is -2.35. The quantitative estimate of drug-likeness (QED) is 0.879. The third-order valence-corrected chi connectivity index (χ3v) is 4.41. The van der Waals surface area contributed by atoms with E-state index in [1.165, 1.54) is 19.3 Å². The third kappa shape index (κ3) is 3.37. The monoisotopic (exact) mass is 332 g/mol. The van der Waals surface area contributed by atoms with E-state index in [9.17, 15) is 5.11 Å². The van der Waals surface area contributed by atoms with Gasteiger partial charge in [0.05, 0.1) is 11.6 Å². The molecule has 0 atom stereocenters. The van der Waals surface area contributed by atoms with Crippen LogP contribution < -0.4 is 5.32 Å². The van der Waals surface area contributed by atoms with Crippen molar-refractivity contribution < 1.29 is 5.11 Å². The summed E-state index contributed by atoms with van der Waals surface area (Å²) in [6, 6.07) is 1.82. The molecule has 100 valence electrons. The van der Waals surface area contributed by atoms with Gasteiger partial charge in [-0.25, -0.2) is 4.98 Å². The average Bonchev–Trinajstić information content (AvgIpc) is 2.39. The Kier molecular flexibility index (Phi) is 4.87. The second-order valence-electron chi connectivity index (χ2n) is 5.06. The first kappa shape index (κ1) is 14.1. The summed E-state index contributed by atoms with van der Waals surface area (Å²) in [5.41, 5.74) is -0.00364. The molecule has 1 aliphatic rings. The minimum absolute atomic E-state index is 0.00364. The Morgan fingerprint density at radius 1 is 1.39 bits per heavy atom. The lowest BCUT2D eigenvalue weighted by molar-refractivity contribution is 0.0943. The topological polar surface area (TPSA) is 45.1 Å². The summed E-state index contributed by atoms with van der Waals surface area (Å²) >= 11 is 9.45. The Morgan fingerprint density at radius 2 is 2.11 bits per heavy atom. The number of rotatable bonds is 4. The van der Waals surface area contributed by atoms with Gasteiger partial charge in [0.2, 0.25) is 0 Å². The van der Waals surface area contributed by atoms with Crippen molar-refractivity contribution >= 4 is 33.3 Å². The summed E-state index contributed by atoms with van der Waals surface area (Å²) in [5, 5.41) is 13.5. The molecule has 0 bridgehead atoms. The second-order valence-corrected chi connectivity index (χ2v) is 6.38. The van der Waals surface area contributed by atoms with Gasteiger partial charge in [-0.3, -0.25) is 0 Å². The van der Waals surface area contributed by atoms with Gasteiger partial charge in [-0.15, -0.1) is 0 Å². The maximum Gasteiger partial charge on any atom is 0.144 e. The normalized spacial score (nSPS) is 18.6. The number of aliphatic hydroxyl groups is 1. The highest BCUT2D eigenvalue weighted by Crippen LogP contribution is 2.36. The van der Waals surface area contributed by atoms with Crippen LogP contribution >= 0.6 is 27.5 Å². The number of hydrogen-bond donors (Lipinski definition) is 2. The molecule has 1 fully saturated rings. The van der Waals surface area contributed by atoms with Crippen LogP contribution in [0.4, 0.5) is 5.82 Å². The van der Waals surface area contributed by atoms with Gasteiger partial charge in [0.15, 0.2) is 0 Å². The van der Waals surface area contributed by atoms with Crippen molar-refractivity contribution in [2.45, 2.75) is 32.1 Å². The van der Waals surface area contributed by atoms with Gasteiger partial charge < -0.3 is 10.4 Å². The SMILES string of the molecule is OCC1(CNc2ncc(Br)cc2Cl)CCCCC1. The van der Waals surface area contributed by atoms with Crippen molar-refractivity contribution in [3.63, 3.8) is 0 Å². The van der Waals surface area contributed by atoms with Crippen LogP contribution in [0.25, 0.3) is 0 Å². The van der Waals surface area contributed by atoms with Crippen LogP contribution in [0.5, 0.6) is 0 Å². The molecule has 0 aliphatic heterocycles. The first-order valence-corrected chi connectivity index (χ1v) is 7.48. The maximum absolute atomic E-state index is 9.63. The van der Waals surface area contributed by atoms with Gasteiger partial charge in [-0.1, -0.05) is 30.9 Å². The number of anilines is 1. The van der Waals surface area contributed by atoms with E-state index in [4.69, 9.17) is 11.6 Å². The predicted molar refractivity (Wildman–Crippen MR) is 78.0 cm³/mol. The zero-order chi connectivity index (χ0) is 13.0. The number of pyridine rings is 1. The minimum Gasteiger partial charge on any atom is -0.396 e. The van der Waals surface area contributed by atoms with Crippen LogP contribution in [0.1, 0.15) is 32.1 Å². The number of aliphatic hydroxyl groups excluding tert-OH is 1. The molecule has 1 aromatic heterocycles. The standard InChI is InChI=1S/C13H18BrClN2O/c14-10-6-11(15)12(16-7-10)17-8-13(9-18)4-2-1-3-5-13/h6-7,18H,1-5,8-9H2,(H,16,17). The molecule has 5 heteroatoms. The van der Waals surface area contributed by atoms with Crippen LogP contribution in [-0.4, -0.2) is 23.2 Å². The van der Waals surface area contributed by atoms with E-state index < -0.39 is 0 Å². The Morgan fingerprint density at radius 3 is 2.72 bits per heavy atom. The van der Waals surface area contributed by atoms with Crippen LogP contribution in [0.15, 0.2) is 16.7 Å². The molecule has 3 nitrogen and oxygen atoms in total. The Labute approximate surface area is 121 Å². The summed E-state index contributed by atoms with van der Waals surface area (Å²) in [6.45, 7) is 0.964. The van der Waals surface area contributed by atoms with E-state index in [1.807, 2.05) is 6.07 Å². The lowest BCUT2D eigenvalue weighted by Crippen LogP contribution is -2.35. The molecule has 0 unspecified atom stereocenters. The van der Waals surface area contributed by atoms with Crippen molar-refractivity contribution in [1.29, 1.82) is 0 Å². The molecule has 18 heavy (non-hydrogen) atoms. The molecular weight excluding hydrogens is 316 g/mol. The molecule has 0 amide bonds. The van der Waals surface area contributed by atoms with E-state index in [-0.39, 0.29) is 12.0 Å². The highest BCUT2D eigenvalue weighted by Gasteiger charge is 2.31. The Hall–Kier alpha value is -0.320. The number of halogens is 2. The Bertz CT molecular complexity index is 408. The van der Waals surface area contributed by atoms with E-state index >= 15 is 0 Å². The molecule has 2 rings (SSSR count). The van der Waals surface area contributed by atoms with E-state index in [2.05, 4.69) is 26.2 Å². The second kappa shape index (κ2) is 6.22. The Balaban J connectivity index is 2.01. The van der Waals surface area contributed by atoms with Crippen LogP contribution in [-0.2, 0) is 0 Å². The smallest absolute Gasteiger partial charge is 0.144 e. The summed E-state index contributed by atoms with van der Waals surface area (Å²) in [5.74, 6) is 0.693. The van der Waals surface area contributed by atoms with Crippen molar-refractivity contribution in [3.05, 3.63) is 21.8 Å². The maximum atomic E-state index is 9.63. The molecule has 0 aromatic carbocycles. The highest BCUT2D eigenvalue weighted by atomic mass is 79.9. The fourth-order valence-corrected chi connectivity index (χ4v) is 3.20. The van der Waals surface area contributed by atoms with Crippen LogP contribution in [0, 0.1) is 5.41 Å². The number of aromatic nitrogens is 1. The largest absolute Gasteiger partial charge is 0.396 e. The highest BCUT2D eigenvalue weighted by molar-refractivity contribution is 9.10. The molecule has 0 spiro atoms. The molecule has 1 aliphatic carbocycles. The fraction of sp³-hybridized carbons (Fsp3) is 0.615. The third-order valence-electron chi connectivity index (χ3n) is 3.69. The van der Waals surface area contributed by atoms with E-state index in [0.717, 1.165) is 23.9 Å². The van der Waals surface area contributed by atoms with Gasteiger partial charge >= 0.3 is 0 Å². The van der Waals surface area contributed by atoms with Crippen LogP contribution in [0.2, 0.25) is 5.02 Å². The fourth-order valence-electron chi connectivity index (χ4n) is 2.51. The van der Waals surface area contributed by atoms with Gasteiger partial charge in [0.1, 0.15) is 5.82 Å². The van der Waals surface area contributed by atoms with Gasteiger partial charge in [-0.05, 0) is 34.8 Å². The zero-order valence-electron chi connectivity index (χ0n) is 10.3. The summed E-state index contributed by atoms with van der Waals surface area (Å²) < 4.78 is 0.868. The molecular formula is C13H18BrClN2O. The first-order chi connectivity index (χ1) is 8.65. The summed E-state index contributed by atoms with van der Waals surface area (Å²) in [7, 11) is 0. The van der Waals surface area contributed by atoms with Crippen LogP contribution in [0.3, 0.4) is 0 Å². The summed E-state index contributed by atoms with van der Waals surface area (Å²) in [4.78, 5) is 4.26. The summed E-state index contributed by atoms with van der Waals surface area (Å²) in [6.07, 6.45) is 7.54. The molecule has 1 aromatic rings. The molecule has 2 N–H and O–H groups in total. The van der Waals surface area contributed by atoms with Crippen molar-refractivity contribution in [3.8, 4) is 0 Å². The first-order valence-electron chi connectivity index (χ1n) is 6.31. The number of hydrogen-bond acceptors (Lipinski definition) is 3.